The first-order valence-electron chi connectivity index (χ1n) is 8.33. The first kappa shape index (κ1) is 18.8. The lowest BCUT2D eigenvalue weighted by molar-refractivity contribution is -0.0106. The molecule has 1 aliphatic rings. The third-order valence-electron chi connectivity index (χ3n) is 5.14. The molecule has 4 heteroatoms. The van der Waals surface area contributed by atoms with E-state index in [4.69, 9.17) is 23.2 Å². The Balaban J connectivity index is 2.29. The van der Waals surface area contributed by atoms with Crippen LogP contribution in [0, 0.1) is 0 Å². The molecule has 1 fully saturated rings. The predicted octanol–water partition coefficient (Wildman–Crippen LogP) is 5.06. The number of hydrogen-bond donors (Lipinski definition) is 1. The molecule has 0 aromatic heterocycles. The van der Waals surface area contributed by atoms with E-state index in [0.717, 1.165) is 32.1 Å². The molecule has 23 heavy (non-hydrogen) atoms. The number of unbranched alkanes of at least 4 members (excludes halogenated alkanes) is 1. The summed E-state index contributed by atoms with van der Waals surface area (Å²) in [5.74, 6) is 0. The van der Waals surface area contributed by atoms with Gasteiger partial charge in [0.25, 0.3) is 0 Å². The number of hydrogen-bond acceptors (Lipinski definition) is 2. The first-order valence-corrected chi connectivity index (χ1v) is 9.09. The predicted molar refractivity (Wildman–Crippen MR) is 99.5 cm³/mol. The van der Waals surface area contributed by atoms with Crippen LogP contribution in [0.25, 0.3) is 0 Å². The summed E-state index contributed by atoms with van der Waals surface area (Å²) < 4.78 is 0. The van der Waals surface area contributed by atoms with Crippen LogP contribution in [0.2, 0.25) is 10.0 Å². The third kappa shape index (κ3) is 3.93. The van der Waals surface area contributed by atoms with Gasteiger partial charge < -0.3 is 10.0 Å². The van der Waals surface area contributed by atoms with Gasteiger partial charge in [-0.1, -0.05) is 41.8 Å². The standard InChI is InChI=1S/C19H27Cl2NO/c1-4-5-6-8-17(23)18(22(2)3)19(11-7-12-19)14-9-10-15(20)16(21)13-14/h4,9-10,13,17-18,23H,1,5-8,11-12H2,2-3H3. The largest absolute Gasteiger partial charge is 0.391 e. The minimum absolute atomic E-state index is 0.0364. The first-order chi connectivity index (χ1) is 10.9. The quantitative estimate of drug-likeness (QED) is 0.520. The van der Waals surface area contributed by atoms with E-state index in [-0.39, 0.29) is 17.6 Å². The summed E-state index contributed by atoms with van der Waals surface area (Å²) in [5, 5.41) is 12.0. The molecule has 1 aliphatic carbocycles. The van der Waals surface area contributed by atoms with Crippen LogP contribution in [0.3, 0.4) is 0 Å². The summed E-state index contributed by atoms with van der Waals surface area (Å²) in [4.78, 5) is 2.17. The van der Waals surface area contributed by atoms with Crippen molar-refractivity contribution in [1.82, 2.24) is 4.90 Å². The van der Waals surface area contributed by atoms with Gasteiger partial charge in [-0.2, -0.15) is 0 Å². The Labute approximate surface area is 150 Å². The van der Waals surface area contributed by atoms with Gasteiger partial charge in [0.2, 0.25) is 0 Å². The molecule has 0 aliphatic heterocycles. The van der Waals surface area contributed by atoms with Gasteiger partial charge in [-0.15, -0.1) is 6.58 Å². The Bertz CT molecular complexity index is 540. The molecule has 1 aromatic carbocycles. The molecule has 2 nitrogen and oxygen atoms in total. The fourth-order valence-corrected chi connectivity index (χ4v) is 4.25. The van der Waals surface area contributed by atoms with E-state index < -0.39 is 0 Å². The Morgan fingerprint density at radius 1 is 1.30 bits per heavy atom. The van der Waals surface area contributed by atoms with E-state index in [2.05, 4.69) is 31.6 Å². The SMILES string of the molecule is C=CCCCC(O)C(N(C)C)C1(c2ccc(Cl)c(Cl)c2)CCC1. The fourth-order valence-electron chi connectivity index (χ4n) is 3.95. The molecule has 0 saturated heterocycles. The zero-order chi connectivity index (χ0) is 17.0. The highest BCUT2D eigenvalue weighted by Gasteiger charge is 2.49. The van der Waals surface area contributed by atoms with Crippen LogP contribution in [0.4, 0.5) is 0 Å². The normalized spacial score (nSPS) is 19.2. The minimum Gasteiger partial charge on any atom is -0.391 e. The van der Waals surface area contributed by atoms with Crippen molar-refractivity contribution in [2.45, 2.75) is 56.1 Å². The second kappa shape index (κ2) is 8.02. The molecule has 0 spiro atoms. The van der Waals surface area contributed by atoms with E-state index in [1.165, 1.54) is 12.0 Å². The number of halogens is 2. The second-order valence-electron chi connectivity index (χ2n) is 6.83. The van der Waals surface area contributed by atoms with Gasteiger partial charge in [-0.05, 0) is 63.9 Å². The van der Waals surface area contributed by atoms with Crippen LogP contribution in [-0.2, 0) is 5.41 Å². The van der Waals surface area contributed by atoms with Crippen molar-refractivity contribution in [3.8, 4) is 0 Å². The van der Waals surface area contributed by atoms with Gasteiger partial charge in [-0.3, -0.25) is 0 Å². The molecule has 1 saturated carbocycles. The summed E-state index contributed by atoms with van der Waals surface area (Å²) >= 11 is 12.3. The van der Waals surface area contributed by atoms with Gasteiger partial charge in [0, 0.05) is 11.5 Å². The second-order valence-corrected chi connectivity index (χ2v) is 7.65. The highest BCUT2D eigenvalue weighted by molar-refractivity contribution is 6.42. The smallest absolute Gasteiger partial charge is 0.0703 e. The van der Waals surface area contributed by atoms with E-state index in [1.807, 2.05) is 18.2 Å². The number of allylic oxidation sites excluding steroid dienone is 1. The van der Waals surface area contributed by atoms with Crippen molar-refractivity contribution in [3.05, 3.63) is 46.5 Å². The lowest BCUT2D eigenvalue weighted by Crippen LogP contribution is -2.57. The summed E-state index contributed by atoms with van der Waals surface area (Å²) in [6.07, 6.45) is 7.58. The molecule has 0 amide bonds. The highest BCUT2D eigenvalue weighted by Crippen LogP contribution is 2.50. The van der Waals surface area contributed by atoms with Crippen molar-refractivity contribution < 1.29 is 5.11 Å². The summed E-state index contributed by atoms with van der Waals surface area (Å²) in [6, 6.07) is 6.00. The van der Waals surface area contributed by atoms with Crippen molar-refractivity contribution >= 4 is 23.2 Å². The van der Waals surface area contributed by atoms with Crippen LogP contribution in [0.5, 0.6) is 0 Å². The Morgan fingerprint density at radius 3 is 2.48 bits per heavy atom. The number of nitrogens with zero attached hydrogens (tertiary/aromatic N) is 1. The molecule has 1 aromatic rings. The monoisotopic (exact) mass is 355 g/mol. The number of rotatable bonds is 8. The molecular weight excluding hydrogens is 329 g/mol. The summed E-state index contributed by atoms with van der Waals surface area (Å²) in [7, 11) is 4.11. The Hall–Kier alpha value is -0.540. The maximum atomic E-state index is 10.9. The van der Waals surface area contributed by atoms with Crippen molar-refractivity contribution in [1.29, 1.82) is 0 Å². The maximum absolute atomic E-state index is 10.9. The third-order valence-corrected chi connectivity index (χ3v) is 5.87. The minimum atomic E-state index is -0.361. The number of benzene rings is 1. The van der Waals surface area contributed by atoms with Crippen LogP contribution >= 0.6 is 23.2 Å². The van der Waals surface area contributed by atoms with E-state index in [1.54, 1.807) is 0 Å². The van der Waals surface area contributed by atoms with Gasteiger partial charge >= 0.3 is 0 Å². The molecule has 1 N–H and O–H groups in total. The summed E-state index contributed by atoms with van der Waals surface area (Å²) in [6.45, 7) is 3.76. The topological polar surface area (TPSA) is 23.5 Å². The van der Waals surface area contributed by atoms with Crippen LogP contribution < -0.4 is 0 Å². The average molecular weight is 356 g/mol. The van der Waals surface area contributed by atoms with E-state index >= 15 is 0 Å². The lowest BCUT2D eigenvalue weighted by Gasteiger charge is -2.52. The average Bonchev–Trinajstić information content (AvgIpc) is 2.45. The van der Waals surface area contributed by atoms with Crippen molar-refractivity contribution in [3.63, 3.8) is 0 Å². The van der Waals surface area contributed by atoms with Gasteiger partial charge in [0.05, 0.1) is 16.1 Å². The van der Waals surface area contributed by atoms with Crippen LogP contribution in [0.1, 0.15) is 44.1 Å². The zero-order valence-electron chi connectivity index (χ0n) is 14.1. The lowest BCUT2D eigenvalue weighted by atomic mass is 9.58. The van der Waals surface area contributed by atoms with Gasteiger partial charge in [0.15, 0.2) is 0 Å². The number of likely N-dealkylation sites (N-methyl/N-ethyl adjacent to an activating group) is 1. The van der Waals surface area contributed by atoms with Gasteiger partial charge in [-0.25, -0.2) is 0 Å². The summed E-state index contributed by atoms with van der Waals surface area (Å²) in [5.41, 5.74) is 1.16. The van der Waals surface area contributed by atoms with E-state index in [0.29, 0.717) is 10.0 Å². The molecule has 0 radical (unpaired) electrons. The molecule has 2 atom stereocenters. The number of aliphatic hydroxyl groups is 1. The maximum Gasteiger partial charge on any atom is 0.0703 e. The Morgan fingerprint density at radius 2 is 2.00 bits per heavy atom. The Kier molecular flexibility index (Phi) is 6.56. The highest BCUT2D eigenvalue weighted by atomic mass is 35.5. The van der Waals surface area contributed by atoms with E-state index in [9.17, 15) is 5.11 Å². The molecule has 0 heterocycles. The zero-order valence-corrected chi connectivity index (χ0v) is 15.6. The van der Waals surface area contributed by atoms with Crippen molar-refractivity contribution in [2.75, 3.05) is 14.1 Å². The molecule has 128 valence electrons. The number of aliphatic hydroxyl groups excluding tert-OH is 1. The molecular formula is C19H27Cl2NO. The van der Waals surface area contributed by atoms with Gasteiger partial charge in [0.1, 0.15) is 0 Å². The van der Waals surface area contributed by atoms with Crippen molar-refractivity contribution in [2.24, 2.45) is 0 Å². The molecule has 2 rings (SSSR count). The van der Waals surface area contributed by atoms with Crippen LogP contribution in [0.15, 0.2) is 30.9 Å². The molecule has 2 unspecified atom stereocenters. The molecule has 0 bridgehead atoms. The fraction of sp³-hybridized carbons (Fsp3) is 0.579. The van der Waals surface area contributed by atoms with Crippen LogP contribution in [-0.4, -0.2) is 36.2 Å².